The molecule has 0 aromatic carbocycles. The molecule has 1 heteroatoms. The summed E-state index contributed by atoms with van der Waals surface area (Å²) < 4.78 is 0. The smallest absolute Gasteiger partial charge is 0.0624 e. The molecule has 0 N–H and O–H groups in total. The van der Waals surface area contributed by atoms with Crippen LogP contribution in [0.2, 0.25) is 0 Å². The molecule has 0 spiro atoms. The Balaban J connectivity index is 2.35. The van der Waals surface area contributed by atoms with Gasteiger partial charge in [0.2, 0.25) is 0 Å². The van der Waals surface area contributed by atoms with E-state index in [2.05, 4.69) is 13.0 Å². The van der Waals surface area contributed by atoms with Crippen molar-refractivity contribution in [2.45, 2.75) is 51.9 Å². The summed E-state index contributed by atoms with van der Waals surface area (Å²) in [5, 5.41) is 8.67. The fraction of sp³-hybridized carbons (Fsp3) is 0.909. The first-order valence-electron chi connectivity index (χ1n) is 5.25. The quantitative estimate of drug-likeness (QED) is 0.625. The molecule has 1 unspecified atom stereocenters. The monoisotopic (exact) mass is 165 g/mol. The molecule has 0 amide bonds. The van der Waals surface area contributed by atoms with Crippen molar-refractivity contribution in [1.82, 2.24) is 0 Å². The van der Waals surface area contributed by atoms with E-state index in [1.54, 1.807) is 0 Å². The largest absolute Gasteiger partial charge is 0.198 e. The van der Waals surface area contributed by atoms with Gasteiger partial charge in [0.25, 0.3) is 0 Å². The molecule has 12 heavy (non-hydrogen) atoms. The third kappa shape index (κ3) is 2.52. The topological polar surface area (TPSA) is 23.8 Å². The van der Waals surface area contributed by atoms with Crippen LogP contribution in [0.5, 0.6) is 0 Å². The average molecular weight is 165 g/mol. The van der Waals surface area contributed by atoms with E-state index >= 15 is 0 Å². The predicted octanol–water partition coefficient (Wildman–Crippen LogP) is 3.51. The van der Waals surface area contributed by atoms with Crippen LogP contribution in [0.3, 0.4) is 0 Å². The first-order chi connectivity index (χ1) is 5.88. The van der Waals surface area contributed by atoms with Crippen LogP contribution in [-0.4, -0.2) is 0 Å². The first-order valence-corrected chi connectivity index (χ1v) is 5.25. The second kappa shape index (κ2) is 5.19. The van der Waals surface area contributed by atoms with Gasteiger partial charge in [-0.25, -0.2) is 0 Å². The van der Waals surface area contributed by atoms with Crippen LogP contribution >= 0.6 is 0 Å². The van der Waals surface area contributed by atoms with Gasteiger partial charge in [0.05, 0.1) is 6.07 Å². The SMILES string of the molecule is CCCC(CC#N)C1CCCC1. The third-order valence-corrected chi connectivity index (χ3v) is 3.08. The molecule has 0 aromatic rings. The van der Waals surface area contributed by atoms with Crippen LogP contribution in [0.15, 0.2) is 0 Å². The van der Waals surface area contributed by atoms with E-state index in [4.69, 9.17) is 5.26 Å². The van der Waals surface area contributed by atoms with Crippen molar-refractivity contribution in [3.05, 3.63) is 0 Å². The van der Waals surface area contributed by atoms with Crippen LogP contribution in [0.4, 0.5) is 0 Å². The Kier molecular flexibility index (Phi) is 4.14. The minimum Gasteiger partial charge on any atom is -0.198 e. The summed E-state index contributed by atoms with van der Waals surface area (Å²) in [4.78, 5) is 0. The lowest BCUT2D eigenvalue weighted by molar-refractivity contribution is 0.321. The Morgan fingerprint density at radius 1 is 1.42 bits per heavy atom. The minimum absolute atomic E-state index is 0.711. The standard InChI is InChI=1S/C11H19N/c1-2-5-10(8-9-12)11-6-3-4-7-11/h10-11H,2-8H2,1H3. The zero-order chi connectivity index (χ0) is 8.81. The molecule has 68 valence electrons. The lowest BCUT2D eigenvalue weighted by Gasteiger charge is -2.19. The maximum atomic E-state index is 8.67. The molecule has 0 aliphatic heterocycles. The summed E-state index contributed by atoms with van der Waals surface area (Å²) in [5.74, 6) is 1.59. The maximum Gasteiger partial charge on any atom is 0.0624 e. The highest BCUT2D eigenvalue weighted by Crippen LogP contribution is 2.35. The summed E-state index contributed by atoms with van der Waals surface area (Å²) in [6.07, 6.45) is 8.85. The number of hydrogen-bond donors (Lipinski definition) is 0. The summed E-state index contributed by atoms with van der Waals surface area (Å²) in [6, 6.07) is 2.33. The molecule has 0 aromatic heterocycles. The number of rotatable bonds is 4. The van der Waals surface area contributed by atoms with Gasteiger partial charge < -0.3 is 0 Å². The normalized spacial score (nSPS) is 20.7. The van der Waals surface area contributed by atoms with Crippen LogP contribution in [-0.2, 0) is 0 Å². The zero-order valence-corrected chi connectivity index (χ0v) is 8.05. The van der Waals surface area contributed by atoms with Gasteiger partial charge in [-0.2, -0.15) is 5.26 Å². The van der Waals surface area contributed by atoms with E-state index in [9.17, 15) is 0 Å². The van der Waals surface area contributed by atoms with Gasteiger partial charge in [0.15, 0.2) is 0 Å². The predicted molar refractivity (Wildman–Crippen MR) is 50.6 cm³/mol. The fourth-order valence-electron chi connectivity index (χ4n) is 2.42. The van der Waals surface area contributed by atoms with E-state index in [1.807, 2.05) is 0 Å². The first kappa shape index (κ1) is 9.58. The van der Waals surface area contributed by atoms with Gasteiger partial charge in [-0.15, -0.1) is 0 Å². The van der Waals surface area contributed by atoms with Gasteiger partial charge in [-0.3, -0.25) is 0 Å². The Hall–Kier alpha value is -0.510. The molecule has 0 radical (unpaired) electrons. The van der Waals surface area contributed by atoms with Gasteiger partial charge in [-0.1, -0.05) is 39.0 Å². The van der Waals surface area contributed by atoms with E-state index in [1.165, 1.54) is 38.5 Å². The second-order valence-electron chi connectivity index (χ2n) is 3.96. The Labute approximate surface area is 75.8 Å². The molecule has 1 atom stereocenters. The van der Waals surface area contributed by atoms with E-state index in [0.29, 0.717) is 5.92 Å². The van der Waals surface area contributed by atoms with E-state index in [-0.39, 0.29) is 0 Å². The van der Waals surface area contributed by atoms with Crippen LogP contribution < -0.4 is 0 Å². The molecule has 1 nitrogen and oxygen atoms in total. The summed E-state index contributed by atoms with van der Waals surface area (Å²) in [7, 11) is 0. The molecule has 1 aliphatic carbocycles. The number of hydrogen-bond acceptors (Lipinski definition) is 1. The van der Waals surface area contributed by atoms with Crippen molar-refractivity contribution in [3.63, 3.8) is 0 Å². The zero-order valence-electron chi connectivity index (χ0n) is 8.05. The van der Waals surface area contributed by atoms with Crippen molar-refractivity contribution in [2.24, 2.45) is 11.8 Å². The molecule has 1 fully saturated rings. The van der Waals surface area contributed by atoms with E-state index in [0.717, 1.165) is 12.3 Å². The van der Waals surface area contributed by atoms with Crippen molar-refractivity contribution < 1.29 is 0 Å². The second-order valence-corrected chi connectivity index (χ2v) is 3.96. The van der Waals surface area contributed by atoms with Crippen molar-refractivity contribution >= 4 is 0 Å². The summed E-state index contributed by atoms with van der Waals surface area (Å²) in [5.41, 5.74) is 0. The van der Waals surface area contributed by atoms with E-state index < -0.39 is 0 Å². The van der Waals surface area contributed by atoms with Gasteiger partial charge >= 0.3 is 0 Å². The Morgan fingerprint density at radius 3 is 2.58 bits per heavy atom. The maximum absolute atomic E-state index is 8.67. The highest BCUT2D eigenvalue weighted by molar-refractivity contribution is 4.82. The fourth-order valence-corrected chi connectivity index (χ4v) is 2.42. The van der Waals surface area contributed by atoms with Crippen molar-refractivity contribution in [3.8, 4) is 6.07 Å². The molecule has 0 bridgehead atoms. The van der Waals surface area contributed by atoms with Gasteiger partial charge in [0, 0.05) is 6.42 Å². The Bertz CT molecular complexity index is 151. The molecule has 1 saturated carbocycles. The minimum atomic E-state index is 0.711. The van der Waals surface area contributed by atoms with Gasteiger partial charge in [-0.05, 0) is 18.3 Å². The Morgan fingerprint density at radius 2 is 2.08 bits per heavy atom. The average Bonchev–Trinajstić information content (AvgIpc) is 2.56. The van der Waals surface area contributed by atoms with Crippen molar-refractivity contribution in [2.75, 3.05) is 0 Å². The van der Waals surface area contributed by atoms with Crippen molar-refractivity contribution in [1.29, 1.82) is 5.26 Å². The molecule has 1 rings (SSSR count). The summed E-state index contributed by atoms with van der Waals surface area (Å²) in [6.45, 7) is 2.22. The summed E-state index contributed by atoms with van der Waals surface area (Å²) >= 11 is 0. The van der Waals surface area contributed by atoms with Crippen LogP contribution in [0.25, 0.3) is 0 Å². The lowest BCUT2D eigenvalue weighted by atomic mass is 9.85. The van der Waals surface area contributed by atoms with Crippen LogP contribution in [0, 0.1) is 23.2 Å². The van der Waals surface area contributed by atoms with Crippen LogP contribution in [0.1, 0.15) is 51.9 Å². The highest BCUT2D eigenvalue weighted by Gasteiger charge is 2.23. The molecule has 0 saturated heterocycles. The molecular weight excluding hydrogens is 146 g/mol. The highest BCUT2D eigenvalue weighted by atomic mass is 14.3. The van der Waals surface area contributed by atoms with Gasteiger partial charge in [0.1, 0.15) is 0 Å². The molecular formula is C11H19N. The third-order valence-electron chi connectivity index (χ3n) is 3.08. The lowest BCUT2D eigenvalue weighted by Crippen LogP contribution is -2.10. The number of nitrogens with zero attached hydrogens (tertiary/aromatic N) is 1. The number of nitriles is 1. The molecule has 1 aliphatic rings. The molecule has 0 heterocycles.